The summed E-state index contributed by atoms with van der Waals surface area (Å²) in [6, 6.07) is 26.6. The van der Waals surface area contributed by atoms with Crippen LogP contribution in [0.4, 0.5) is 0 Å². The fraction of sp³-hybridized carbons (Fsp3) is 0.211. The van der Waals surface area contributed by atoms with E-state index in [1.807, 2.05) is 67.3 Å². The Morgan fingerprint density at radius 1 is 0.574 bits per heavy atom. The number of hydrogen-bond donors (Lipinski definition) is 0. The number of benzene rings is 3. The van der Waals surface area contributed by atoms with E-state index in [1.165, 1.54) is 0 Å². The quantitative estimate of drug-likeness (QED) is 0.207. The van der Waals surface area contributed by atoms with Crippen LogP contribution in [0, 0.1) is 0 Å². The van der Waals surface area contributed by atoms with E-state index in [9.17, 15) is 0 Å². The van der Waals surface area contributed by atoms with Crippen molar-refractivity contribution >= 4 is 45.4 Å². The summed E-state index contributed by atoms with van der Waals surface area (Å²) < 4.78 is 17.7. The van der Waals surface area contributed by atoms with Crippen LogP contribution in [-0.4, -0.2) is 35.8 Å². The number of pyridine rings is 2. The molecule has 9 heteroatoms. The van der Waals surface area contributed by atoms with Crippen LogP contribution >= 0.6 is 0 Å². The summed E-state index contributed by atoms with van der Waals surface area (Å²) in [5.74, 6) is 4.63. The van der Waals surface area contributed by atoms with Crippen molar-refractivity contribution in [3.63, 3.8) is 0 Å². The molecule has 0 atom stereocenters. The summed E-state index contributed by atoms with van der Waals surface area (Å²) in [4.78, 5) is 20.2. The molecule has 0 amide bonds. The zero-order chi connectivity index (χ0) is 32.2. The SMILES string of the molecule is CC(C)(C)c1cc(-n2cnc3ccccc32)nc2c1Oc1cccc3c1B2c1nc(-n2cnc4ccccc42)cc(C(C)(C)C)c1O3. The average Bonchev–Trinajstić information content (AvgIpc) is 3.68. The van der Waals surface area contributed by atoms with Crippen LogP contribution in [0.3, 0.4) is 0 Å². The van der Waals surface area contributed by atoms with Gasteiger partial charge in [-0.1, -0.05) is 71.9 Å². The molecule has 4 aromatic heterocycles. The van der Waals surface area contributed by atoms with Crippen molar-refractivity contribution in [1.82, 2.24) is 29.1 Å². The lowest BCUT2D eigenvalue weighted by Gasteiger charge is -2.36. The number of aromatic nitrogens is 6. The van der Waals surface area contributed by atoms with Gasteiger partial charge >= 0.3 is 6.71 Å². The molecular weight excluding hydrogens is 583 g/mol. The summed E-state index contributed by atoms with van der Waals surface area (Å²) in [6.07, 6.45) is 3.70. The Balaban J connectivity index is 1.37. The molecule has 0 bridgehead atoms. The van der Waals surface area contributed by atoms with Crippen LogP contribution in [0.1, 0.15) is 52.7 Å². The molecule has 8 nitrogen and oxygen atoms in total. The van der Waals surface area contributed by atoms with E-state index in [1.54, 1.807) is 0 Å². The Hall–Kier alpha value is -5.44. The molecule has 3 aromatic carbocycles. The second-order valence-electron chi connectivity index (χ2n) is 14.5. The second-order valence-corrected chi connectivity index (χ2v) is 14.5. The van der Waals surface area contributed by atoms with Crippen LogP contribution in [0.2, 0.25) is 0 Å². The van der Waals surface area contributed by atoms with Crippen molar-refractivity contribution in [3.05, 3.63) is 103 Å². The first-order valence-corrected chi connectivity index (χ1v) is 16.0. The summed E-state index contributed by atoms with van der Waals surface area (Å²) in [5, 5.41) is 0. The average molecular weight is 617 g/mol. The molecule has 0 spiro atoms. The van der Waals surface area contributed by atoms with E-state index in [4.69, 9.17) is 19.4 Å². The van der Waals surface area contributed by atoms with Crippen molar-refractivity contribution in [2.24, 2.45) is 0 Å². The third kappa shape index (κ3) is 4.15. The van der Waals surface area contributed by atoms with Crippen molar-refractivity contribution in [1.29, 1.82) is 0 Å². The Kier molecular flexibility index (Phi) is 5.65. The molecule has 230 valence electrons. The molecule has 47 heavy (non-hydrogen) atoms. The maximum atomic E-state index is 6.80. The normalized spacial score (nSPS) is 13.6. The number of rotatable bonds is 2. The van der Waals surface area contributed by atoms with Gasteiger partial charge in [0, 0.05) is 16.6 Å². The zero-order valence-corrected chi connectivity index (χ0v) is 27.2. The van der Waals surface area contributed by atoms with Crippen molar-refractivity contribution in [2.75, 3.05) is 0 Å². The number of imidazole rings is 2. The zero-order valence-electron chi connectivity index (χ0n) is 27.2. The highest BCUT2D eigenvalue weighted by Crippen LogP contribution is 2.42. The number of para-hydroxylation sites is 4. The number of fused-ring (bicyclic) bond motifs is 6. The van der Waals surface area contributed by atoms with Gasteiger partial charge in [0.15, 0.2) is 0 Å². The Morgan fingerprint density at radius 2 is 1.02 bits per heavy atom. The Morgan fingerprint density at radius 3 is 1.47 bits per heavy atom. The second kappa shape index (κ2) is 9.54. The van der Waals surface area contributed by atoms with E-state index in [-0.39, 0.29) is 17.5 Å². The highest BCUT2D eigenvalue weighted by molar-refractivity contribution is 6.97. The van der Waals surface area contributed by atoms with Crippen molar-refractivity contribution < 1.29 is 9.47 Å². The molecule has 0 unspecified atom stereocenters. The molecule has 2 aliphatic heterocycles. The van der Waals surface area contributed by atoms with Gasteiger partial charge in [0.1, 0.15) is 47.3 Å². The van der Waals surface area contributed by atoms with E-state index in [0.29, 0.717) is 0 Å². The minimum Gasteiger partial charge on any atom is -0.456 e. The van der Waals surface area contributed by atoms with Gasteiger partial charge in [0.05, 0.1) is 33.3 Å². The fourth-order valence-electron chi connectivity index (χ4n) is 6.94. The van der Waals surface area contributed by atoms with E-state index in [0.717, 1.165) is 84.5 Å². The van der Waals surface area contributed by atoms with Crippen molar-refractivity contribution in [3.8, 4) is 34.6 Å². The minimum atomic E-state index is -0.333. The van der Waals surface area contributed by atoms with Gasteiger partial charge in [0.25, 0.3) is 0 Å². The minimum absolute atomic E-state index is 0.247. The fourth-order valence-corrected chi connectivity index (χ4v) is 6.94. The lowest BCUT2D eigenvalue weighted by molar-refractivity contribution is 0.438. The molecule has 0 radical (unpaired) electrons. The van der Waals surface area contributed by atoms with Gasteiger partial charge in [-0.05, 0) is 59.4 Å². The van der Waals surface area contributed by atoms with Crippen LogP contribution in [-0.2, 0) is 10.8 Å². The van der Waals surface area contributed by atoms with Gasteiger partial charge in [-0.3, -0.25) is 9.13 Å². The Bertz CT molecular complexity index is 2250. The molecule has 7 aromatic rings. The molecule has 0 N–H and O–H groups in total. The lowest BCUT2D eigenvalue weighted by atomic mass is 9.37. The summed E-state index contributed by atoms with van der Waals surface area (Å²) >= 11 is 0. The maximum absolute atomic E-state index is 6.80. The molecule has 0 saturated carbocycles. The lowest BCUT2D eigenvalue weighted by Crippen LogP contribution is -2.60. The predicted molar refractivity (Wildman–Crippen MR) is 186 cm³/mol. The van der Waals surface area contributed by atoms with Gasteiger partial charge in [0.2, 0.25) is 0 Å². The standard InChI is InChI=1S/C38H33BN6O2/c1-37(2,3)22-18-30(44-20-40-24-12-7-9-14-26(24)44)42-35-33(22)46-28-16-11-17-29-32(28)39(35)36-34(47-29)23(38(4,5)6)19-31(43-36)45-21-41-25-13-8-10-15-27(25)45/h7-21H,1-6H3. The first kappa shape index (κ1) is 27.8. The molecule has 0 saturated heterocycles. The largest absolute Gasteiger partial charge is 0.456 e. The summed E-state index contributed by atoms with van der Waals surface area (Å²) in [7, 11) is 0. The monoisotopic (exact) mass is 616 g/mol. The van der Waals surface area contributed by atoms with Crippen LogP contribution in [0.15, 0.2) is 91.5 Å². The van der Waals surface area contributed by atoms with Gasteiger partial charge in [-0.2, -0.15) is 0 Å². The summed E-state index contributed by atoms with van der Waals surface area (Å²) in [6.45, 7) is 12.9. The highest BCUT2D eigenvalue weighted by atomic mass is 16.5. The maximum Gasteiger partial charge on any atom is 0.307 e. The van der Waals surface area contributed by atoms with Gasteiger partial charge < -0.3 is 9.47 Å². The highest BCUT2D eigenvalue weighted by Gasteiger charge is 2.46. The third-order valence-electron chi connectivity index (χ3n) is 9.27. The van der Waals surface area contributed by atoms with Crippen molar-refractivity contribution in [2.45, 2.75) is 52.4 Å². The van der Waals surface area contributed by atoms with E-state index < -0.39 is 0 Å². The smallest absolute Gasteiger partial charge is 0.307 e. The number of nitrogens with zero attached hydrogens (tertiary/aromatic N) is 6. The third-order valence-corrected chi connectivity index (χ3v) is 9.27. The van der Waals surface area contributed by atoms with E-state index >= 15 is 0 Å². The molecule has 6 heterocycles. The van der Waals surface area contributed by atoms with Crippen LogP contribution in [0.5, 0.6) is 23.0 Å². The molecule has 9 rings (SSSR count). The molecule has 0 aliphatic carbocycles. The van der Waals surface area contributed by atoms with E-state index in [2.05, 4.69) is 84.9 Å². The number of hydrogen-bond acceptors (Lipinski definition) is 6. The van der Waals surface area contributed by atoms with Gasteiger partial charge in [-0.15, -0.1) is 0 Å². The first-order chi connectivity index (χ1) is 22.6. The molecular formula is C38H33BN6O2. The summed E-state index contributed by atoms with van der Waals surface area (Å²) in [5.41, 5.74) is 8.01. The molecule has 2 aliphatic rings. The number of ether oxygens (including phenoxy) is 2. The Labute approximate surface area is 273 Å². The topological polar surface area (TPSA) is 79.9 Å². The predicted octanol–water partition coefficient (Wildman–Crippen LogP) is 6.48. The molecule has 0 fully saturated rings. The first-order valence-electron chi connectivity index (χ1n) is 16.0. The van der Waals surface area contributed by atoms with Crippen LogP contribution < -0.4 is 26.1 Å². The van der Waals surface area contributed by atoms with Gasteiger partial charge in [-0.25, -0.2) is 19.9 Å². The van der Waals surface area contributed by atoms with Crippen LogP contribution in [0.25, 0.3) is 33.7 Å².